The fourth-order valence-corrected chi connectivity index (χ4v) is 7.58. The highest BCUT2D eigenvalue weighted by atomic mass is 19.1. The van der Waals surface area contributed by atoms with Crippen molar-refractivity contribution in [1.29, 1.82) is 0 Å². The Labute approximate surface area is 245 Å². The van der Waals surface area contributed by atoms with Crippen LogP contribution in [0.3, 0.4) is 0 Å². The van der Waals surface area contributed by atoms with Crippen molar-refractivity contribution in [3.05, 3.63) is 47.7 Å². The Morgan fingerprint density at radius 2 is 1.91 bits per heavy atom. The van der Waals surface area contributed by atoms with E-state index < -0.39 is 17.8 Å². The van der Waals surface area contributed by atoms with Gasteiger partial charge in [-0.25, -0.2) is 13.2 Å². The molecule has 2 aromatic carbocycles. The molecular formula is C32H29F3N6O2. The molecule has 6 atom stereocenters. The van der Waals surface area contributed by atoms with Crippen LogP contribution in [0.4, 0.5) is 19.0 Å². The predicted molar refractivity (Wildman–Crippen MR) is 156 cm³/mol. The maximum Gasteiger partial charge on any atom is 0.319 e. The van der Waals surface area contributed by atoms with Crippen LogP contribution in [0, 0.1) is 29.9 Å². The molecule has 8 rings (SSSR count). The number of nitrogens with zero attached hydrogens (tertiary/aromatic N) is 5. The second kappa shape index (κ2) is 9.96. The van der Waals surface area contributed by atoms with Gasteiger partial charge < -0.3 is 20.1 Å². The van der Waals surface area contributed by atoms with Crippen LogP contribution in [0.15, 0.2) is 30.5 Å². The molecule has 0 amide bonds. The predicted octanol–water partition coefficient (Wildman–Crippen LogP) is 4.17. The number of halogens is 3. The number of aromatic hydroxyl groups is 1. The highest BCUT2D eigenvalue weighted by molar-refractivity contribution is 6.03. The van der Waals surface area contributed by atoms with E-state index in [0.717, 1.165) is 25.8 Å². The Balaban J connectivity index is 1.27. The van der Waals surface area contributed by atoms with Crippen molar-refractivity contribution < 1.29 is 23.0 Å². The van der Waals surface area contributed by atoms with E-state index in [-0.39, 0.29) is 58.1 Å². The minimum Gasteiger partial charge on any atom is -0.508 e. The number of benzene rings is 2. The number of phenols is 1. The molecule has 4 bridgehead atoms. The fraction of sp³-hybridized carbons (Fsp3) is 0.406. The summed E-state index contributed by atoms with van der Waals surface area (Å²) in [6.45, 7) is 2.80. The molecule has 0 saturated carbocycles. The number of phenolic OH excluding ortho intramolecular Hbond substituents is 1. The molecule has 6 heterocycles. The van der Waals surface area contributed by atoms with Crippen LogP contribution in [-0.2, 0) is 0 Å². The average Bonchev–Trinajstić information content (AvgIpc) is 3.66. The first kappa shape index (κ1) is 26.5. The minimum absolute atomic E-state index is 0.00321. The summed E-state index contributed by atoms with van der Waals surface area (Å²) < 4.78 is 51.9. The van der Waals surface area contributed by atoms with Crippen molar-refractivity contribution in [2.75, 3.05) is 37.7 Å². The zero-order valence-corrected chi connectivity index (χ0v) is 23.2. The molecule has 0 aliphatic carbocycles. The van der Waals surface area contributed by atoms with E-state index in [1.807, 2.05) is 0 Å². The van der Waals surface area contributed by atoms with E-state index in [1.165, 1.54) is 30.5 Å². The van der Waals surface area contributed by atoms with Gasteiger partial charge in [0.15, 0.2) is 5.82 Å². The molecule has 4 fully saturated rings. The molecule has 11 heteroatoms. The summed E-state index contributed by atoms with van der Waals surface area (Å²) in [7, 11) is 0. The lowest BCUT2D eigenvalue weighted by atomic mass is 9.96. The third kappa shape index (κ3) is 4.26. The normalized spacial score (nSPS) is 27.7. The quantitative estimate of drug-likeness (QED) is 0.337. The van der Waals surface area contributed by atoms with Crippen molar-refractivity contribution in [3.63, 3.8) is 0 Å². The summed E-state index contributed by atoms with van der Waals surface area (Å²) in [6.07, 6.45) is 9.16. The summed E-state index contributed by atoms with van der Waals surface area (Å²) >= 11 is 0. The molecule has 2 N–H and O–H groups in total. The van der Waals surface area contributed by atoms with Crippen molar-refractivity contribution in [3.8, 4) is 35.4 Å². The molecule has 0 radical (unpaired) electrons. The summed E-state index contributed by atoms with van der Waals surface area (Å²) in [5.41, 5.74) is -0.0466. The van der Waals surface area contributed by atoms with Gasteiger partial charge in [0.05, 0.1) is 10.9 Å². The van der Waals surface area contributed by atoms with Gasteiger partial charge in [0.2, 0.25) is 0 Å². The number of hydrogen-bond acceptors (Lipinski definition) is 8. The summed E-state index contributed by atoms with van der Waals surface area (Å²) in [4.78, 5) is 17.9. The maximum absolute atomic E-state index is 16.6. The van der Waals surface area contributed by atoms with Crippen molar-refractivity contribution in [1.82, 2.24) is 25.2 Å². The highest BCUT2D eigenvalue weighted by Crippen LogP contribution is 2.40. The summed E-state index contributed by atoms with van der Waals surface area (Å²) in [5, 5.41) is 15.2. The van der Waals surface area contributed by atoms with Crippen LogP contribution in [0.1, 0.15) is 24.8 Å². The van der Waals surface area contributed by atoms with Gasteiger partial charge in [0, 0.05) is 60.8 Å². The monoisotopic (exact) mass is 586 g/mol. The first-order valence-electron chi connectivity index (χ1n) is 14.7. The zero-order chi connectivity index (χ0) is 29.4. The van der Waals surface area contributed by atoms with Crippen LogP contribution < -0.4 is 15.0 Å². The lowest BCUT2D eigenvalue weighted by Crippen LogP contribution is -2.51. The lowest BCUT2D eigenvalue weighted by molar-refractivity contribution is 0.186. The Bertz CT molecular complexity index is 1820. The molecule has 4 saturated heterocycles. The second-order valence-electron chi connectivity index (χ2n) is 12.1. The van der Waals surface area contributed by atoms with Gasteiger partial charge in [-0.05, 0) is 49.4 Å². The van der Waals surface area contributed by atoms with Gasteiger partial charge in [-0.2, -0.15) is 9.97 Å². The first-order valence-corrected chi connectivity index (χ1v) is 14.7. The van der Waals surface area contributed by atoms with Gasteiger partial charge in [0.25, 0.3) is 0 Å². The number of ether oxygens (including phenoxy) is 1. The average molecular weight is 587 g/mol. The highest BCUT2D eigenvalue weighted by Gasteiger charge is 2.47. The number of terminal acetylenes is 1. The van der Waals surface area contributed by atoms with Crippen LogP contribution in [0.2, 0.25) is 0 Å². The topological polar surface area (TPSA) is 86.6 Å². The molecule has 4 aliphatic rings. The number of alkyl halides is 1. The van der Waals surface area contributed by atoms with Crippen LogP contribution in [-0.4, -0.2) is 82.0 Å². The zero-order valence-electron chi connectivity index (χ0n) is 23.2. The van der Waals surface area contributed by atoms with E-state index in [4.69, 9.17) is 16.1 Å². The van der Waals surface area contributed by atoms with E-state index in [9.17, 15) is 13.9 Å². The van der Waals surface area contributed by atoms with Crippen molar-refractivity contribution in [2.45, 2.75) is 43.6 Å². The second-order valence-corrected chi connectivity index (χ2v) is 12.1. The number of rotatable bonds is 5. The standard InChI is InChI=1S/C32H29F3N6O2/c1-2-20-24(33)6-3-16-9-19(42)10-22(27(16)20)29-28(35)30-23(11-36-29)31(41-12-17-4-5-18(13-41)37-17)39-32(38-30)43-15-26-21-7-8-40(26)14-25(21)34/h1,3,6,9-11,17-18,21,25-26,37,42H,4-5,7-8,12-15H2/t17-,18+,21?,25-,26?/m0/s1. The van der Waals surface area contributed by atoms with Crippen LogP contribution in [0.25, 0.3) is 32.9 Å². The Hall–Kier alpha value is -4.14. The van der Waals surface area contributed by atoms with E-state index in [0.29, 0.717) is 48.3 Å². The Morgan fingerprint density at radius 3 is 2.63 bits per heavy atom. The summed E-state index contributed by atoms with van der Waals surface area (Å²) in [5.74, 6) is 1.24. The van der Waals surface area contributed by atoms with Gasteiger partial charge in [-0.3, -0.25) is 9.88 Å². The number of nitrogens with one attached hydrogen (secondary N) is 1. The fourth-order valence-electron chi connectivity index (χ4n) is 7.58. The molecule has 4 aromatic rings. The van der Waals surface area contributed by atoms with Gasteiger partial charge >= 0.3 is 6.01 Å². The molecule has 220 valence electrons. The third-order valence-electron chi connectivity index (χ3n) is 9.58. The Kier molecular flexibility index (Phi) is 6.14. The van der Waals surface area contributed by atoms with Gasteiger partial charge in [-0.1, -0.05) is 12.0 Å². The number of piperidine rings is 1. The molecular weight excluding hydrogens is 557 g/mol. The number of fused-ring (bicyclic) bond motifs is 6. The number of aromatic nitrogens is 3. The maximum atomic E-state index is 16.6. The largest absolute Gasteiger partial charge is 0.508 e. The molecule has 8 nitrogen and oxygen atoms in total. The van der Waals surface area contributed by atoms with E-state index >= 15 is 4.39 Å². The molecule has 2 aromatic heterocycles. The molecule has 3 unspecified atom stereocenters. The van der Waals surface area contributed by atoms with Crippen molar-refractivity contribution >= 4 is 27.5 Å². The smallest absolute Gasteiger partial charge is 0.319 e. The Morgan fingerprint density at radius 1 is 1.09 bits per heavy atom. The van der Waals surface area contributed by atoms with Crippen LogP contribution >= 0.6 is 0 Å². The number of piperazine rings is 1. The number of pyridine rings is 1. The first-order chi connectivity index (χ1) is 20.9. The van der Waals surface area contributed by atoms with E-state index in [2.05, 4.69) is 31.0 Å². The SMILES string of the molecule is C#Cc1c(F)ccc2cc(O)cc(-c3ncc4c(N5C[C@H]6CC[C@@H](C5)N6)nc(OCC5C6CCN5C[C@@H]6F)nc4c3F)c12. The van der Waals surface area contributed by atoms with Gasteiger partial charge in [-0.15, -0.1) is 6.42 Å². The molecule has 0 spiro atoms. The number of anilines is 1. The lowest BCUT2D eigenvalue weighted by Gasteiger charge is -2.34. The molecule has 4 aliphatic heterocycles. The third-order valence-corrected chi connectivity index (χ3v) is 9.58. The minimum atomic E-state index is -0.882. The van der Waals surface area contributed by atoms with Crippen molar-refractivity contribution in [2.24, 2.45) is 5.92 Å². The molecule has 43 heavy (non-hydrogen) atoms. The summed E-state index contributed by atoms with van der Waals surface area (Å²) in [6, 6.07) is 5.97. The van der Waals surface area contributed by atoms with E-state index in [1.54, 1.807) is 0 Å². The van der Waals surface area contributed by atoms with Crippen LogP contribution in [0.5, 0.6) is 11.8 Å². The number of hydrogen-bond donors (Lipinski definition) is 2. The van der Waals surface area contributed by atoms with Gasteiger partial charge in [0.1, 0.15) is 41.4 Å².